The van der Waals surface area contributed by atoms with E-state index in [0.29, 0.717) is 0 Å². The maximum atomic E-state index is 6.04. The van der Waals surface area contributed by atoms with E-state index in [-0.39, 0.29) is 0 Å². The smallest absolute Gasteiger partial charge is 0.0594 e. The summed E-state index contributed by atoms with van der Waals surface area (Å²) in [5, 5.41) is 0. The third-order valence-electron chi connectivity index (χ3n) is 4.22. The van der Waals surface area contributed by atoms with Crippen LogP contribution in [0, 0.1) is 0 Å². The Morgan fingerprint density at radius 2 is 1.84 bits per heavy atom. The van der Waals surface area contributed by atoms with Crippen molar-refractivity contribution in [3.63, 3.8) is 0 Å². The Kier molecular flexibility index (Phi) is 4.01. The molecule has 2 aliphatic heterocycles. The summed E-state index contributed by atoms with van der Waals surface area (Å²) in [6.07, 6.45) is 1.09. The normalized spacial score (nSPS) is 21.3. The van der Waals surface area contributed by atoms with Gasteiger partial charge in [0.2, 0.25) is 0 Å². The summed E-state index contributed by atoms with van der Waals surface area (Å²) in [5.74, 6) is 0. The summed E-state index contributed by atoms with van der Waals surface area (Å²) in [7, 11) is 0. The van der Waals surface area contributed by atoms with Crippen LogP contribution in [0.25, 0.3) is 0 Å². The lowest BCUT2D eigenvalue weighted by Crippen LogP contribution is -2.42. The molecular weight excluding hydrogens is 238 g/mol. The van der Waals surface area contributed by atoms with Crippen molar-refractivity contribution in [2.75, 3.05) is 51.7 Å². The zero-order valence-corrected chi connectivity index (χ0v) is 11.5. The first kappa shape index (κ1) is 12.9. The molecule has 4 nitrogen and oxygen atoms in total. The number of hydrogen-bond acceptors (Lipinski definition) is 4. The van der Waals surface area contributed by atoms with Gasteiger partial charge in [-0.2, -0.15) is 0 Å². The molecule has 0 atom stereocenters. The van der Waals surface area contributed by atoms with E-state index in [2.05, 4.69) is 21.9 Å². The Balaban J connectivity index is 1.54. The number of benzene rings is 1. The van der Waals surface area contributed by atoms with E-state index in [1.807, 2.05) is 6.07 Å². The highest BCUT2D eigenvalue weighted by Crippen LogP contribution is 2.23. The first-order valence-electron chi connectivity index (χ1n) is 7.21. The predicted octanol–water partition coefficient (Wildman–Crippen LogP) is 0.959. The van der Waals surface area contributed by atoms with E-state index in [4.69, 9.17) is 10.5 Å². The molecule has 0 aromatic heterocycles. The van der Waals surface area contributed by atoms with Crippen molar-refractivity contribution in [1.29, 1.82) is 0 Å². The fourth-order valence-corrected chi connectivity index (χ4v) is 3.00. The lowest BCUT2D eigenvalue weighted by atomic mass is 9.98. The SMILES string of the molecule is Nc1cccc2c1CCN(CCN1CCOCC1)C2. The van der Waals surface area contributed by atoms with E-state index in [9.17, 15) is 0 Å². The van der Waals surface area contributed by atoms with E-state index in [0.717, 1.165) is 64.6 Å². The van der Waals surface area contributed by atoms with Gasteiger partial charge in [-0.1, -0.05) is 12.1 Å². The lowest BCUT2D eigenvalue weighted by molar-refractivity contribution is 0.0327. The van der Waals surface area contributed by atoms with Crippen LogP contribution >= 0.6 is 0 Å². The number of anilines is 1. The number of rotatable bonds is 3. The van der Waals surface area contributed by atoms with Gasteiger partial charge in [0, 0.05) is 45.0 Å². The van der Waals surface area contributed by atoms with Crippen molar-refractivity contribution in [1.82, 2.24) is 9.80 Å². The minimum absolute atomic E-state index is 0.888. The van der Waals surface area contributed by atoms with Crippen molar-refractivity contribution in [3.05, 3.63) is 29.3 Å². The van der Waals surface area contributed by atoms with Crippen LogP contribution in [0.5, 0.6) is 0 Å². The molecular formula is C15H23N3O. The highest BCUT2D eigenvalue weighted by Gasteiger charge is 2.18. The summed E-state index contributed by atoms with van der Waals surface area (Å²) in [6.45, 7) is 8.42. The quantitative estimate of drug-likeness (QED) is 0.823. The average molecular weight is 261 g/mol. The third kappa shape index (κ3) is 3.08. The Morgan fingerprint density at radius 1 is 1.05 bits per heavy atom. The Morgan fingerprint density at radius 3 is 2.68 bits per heavy atom. The summed E-state index contributed by atoms with van der Waals surface area (Å²) in [4.78, 5) is 5.04. The molecule has 4 heteroatoms. The molecule has 0 spiro atoms. The van der Waals surface area contributed by atoms with Gasteiger partial charge in [-0.15, -0.1) is 0 Å². The first-order chi connectivity index (χ1) is 9.33. The van der Waals surface area contributed by atoms with Crippen LogP contribution in [-0.2, 0) is 17.7 Å². The minimum Gasteiger partial charge on any atom is -0.398 e. The van der Waals surface area contributed by atoms with Crippen molar-refractivity contribution in [3.8, 4) is 0 Å². The lowest BCUT2D eigenvalue weighted by Gasteiger charge is -2.33. The molecule has 0 radical (unpaired) electrons. The van der Waals surface area contributed by atoms with Crippen LogP contribution < -0.4 is 5.73 Å². The van der Waals surface area contributed by atoms with Gasteiger partial charge in [-0.3, -0.25) is 9.80 Å². The molecule has 0 bridgehead atoms. The molecule has 0 aliphatic carbocycles. The van der Waals surface area contributed by atoms with Crippen molar-refractivity contribution >= 4 is 5.69 Å². The highest BCUT2D eigenvalue weighted by atomic mass is 16.5. The number of nitrogens with zero attached hydrogens (tertiary/aromatic N) is 2. The summed E-state index contributed by atoms with van der Waals surface area (Å²) in [6, 6.07) is 6.30. The topological polar surface area (TPSA) is 41.7 Å². The van der Waals surface area contributed by atoms with Gasteiger partial charge in [0.05, 0.1) is 13.2 Å². The molecule has 0 unspecified atom stereocenters. The van der Waals surface area contributed by atoms with Gasteiger partial charge in [0.15, 0.2) is 0 Å². The molecule has 1 saturated heterocycles. The second kappa shape index (κ2) is 5.90. The van der Waals surface area contributed by atoms with Gasteiger partial charge in [-0.25, -0.2) is 0 Å². The molecule has 0 amide bonds. The molecule has 1 aromatic rings. The van der Waals surface area contributed by atoms with Gasteiger partial charge in [-0.05, 0) is 23.6 Å². The largest absolute Gasteiger partial charge is 0.398 e. The van der Waals surface area contributed by atoms with Crippen LogP contribution in [0.2, 0.25) is 0 Å². The van der Waals surface area contributed by atoms with Gasteiger partial charge in [0.1, 0.15) is 0 Å². The summed E-state index contributed by atoms with van der Waals surface area (Å²) < 4.78 is 5.38. The molecule has 2 heterocycles. The van der Waals surface area contributed by atoms with Gasteiger partial charge < -0.3 is 10.5 Å². The zero-order chi connectivity index (χ0) is 13.1. The van der Waals surface area contributed by atoms with Crippen LogP contribution in [0.4, 0.5) is 5.69 Å². The van der Waals surface area contributed by atoms with Crippen LogP contribution in [0.15, 0.2) is 18.2 Å². The molecule has 1 fully saturated rings. The Hall–Kier alpha value is -1.10. The van der Waals surface area contributed by atoms with Crippen molar-refractivity contribution < 1.29 is 4.74 Å². The van der Waals surface area contributed by atoms with Crippen molar-refractivity contribution in [2.45, 2.75) is 13.0 Å². The van der Waals surface area contributed by atoms with E-state index in [1.165, 1.54) is 11.1 Å². The number of nitrogens with two attached hydrogens (primary N) is 1. The zero-order valence-electron chi connectivity index (χ0n) is 11.5. The molecule has 0 saturated carbocycles. The molecule has 2 N–H and O–H groups in total. The fraction of sp³-hybridized carbons (Fsp3) is 0.600. The average Bonchev–Trinajstić information content (AvgIpc) is 2.46. The number of nitrogen functional groups attached to an aromatic ring is 1. The van der Waals surface area contributed by atoms with Crippen LogP contribution in [0.3, 0.4) is 0 Å². The molecule has 3 rings (SSSR count). The number of fused-ring (bicyclic) bond motifs is 1. The standard InChI is InChI=1S/C15H23N3O/c16-15-3-1-2-13-12-18(5-4-14(13)15)7-6-17-8-10-19-11-9-17/h1-3H,4-12,16H2. The van der Waals surface area contributed by atoms with Crippen molar-refractivity contribution in [2.24, 2.45) is 0 Å². The van der Waals surface area contributed by atoms with E-state index >= 15 is 0 Å². The predicted molar refractivity (Wildman–Crippen MR) is 77.1 cm³/mol. The minimum atomic E-state index is 0.888. The number of hydrogen-bond donors (Lipinski definition) is 1. The number of morpholine rings is 1. The Labute approximate surface area is 115 Å². The van der Waals surface area contributed by atoms with Crippen LogP contribution in [0.1, 0.15) is 11.1 Å². The number of ether oxygens (including phenoxy) is 1. The van der Waals surface area contributed by atoms with E-state index in [1.54, 1.807) is 0 Å². The maximum Gasteiger partial charge on any atom is 0.0594 e. The van der Waals surface area contributed by atoms with E-state index < -0.39 is 0 Å². The second-order valence-corrected chi connectivity index (χ2v) is 5.47. The maximum absolute atomic E-state index is 6.04. The molecule has 104 valence electrons. The molecule has 2 aliphatic rings. The van der Waals surface area contributed by atoms with Gasteiger partial charge in [0.25, 0.3) is 0 Å². The second-order valence-electron chi connectivity index (χ2n) is 5.47. The Bertz CT molecular complexity index is 429. The van der Waals surface area contributed by atoms with Crippen LogP contribution in [-0.4, -0.2) is 55.7 Å². The fourth-order valence-electron chi connectivity index (χ4n) is 3.00. The van der Waals surface area contributed by atoms with Gasteiger partial charge >= 0.3 is 0 Å². The summed E-state index contributed by atoms with van der Waals surface area (Å²) >= 11 is 0. The third-order valence-corrected chi connectivity index (χ3v) is 4.22. The molecule has 19 heavy (non-hydrogen) atoms. The monoisotopic (exact) mass is 261 g/mol. The molecule has 1 aromatic carbocycles. The summed E-state index contributed by atoms with van der Waals surface area (Å²) in [5.41, 5.74) is 9.78. The first-order valence-corrected chi connectivity index (χ1v) is 7.21. The highest BCUT2D eigenvalue weighted by molar-refractivity contribution is 5.51.